The number of benzene rings is 2. The van der Waals surface area contributed by atoms with E-state index in [1.165, 1.54) is 18.9 Å². The Kier molecular flexibility index (Phi) is 6.66. The van der Waals surface area contributed by atoms with Crippen LogP contribution in [-0.4, -0.2) is 41.7 Å². The van der Waals surface area contributed by atoms with Crippen molar-refractivity contribution in [1.82, 2.24) is 9.78 Å². The first-order valence-electron chi connectivity index (χ1n) is 8.71. The number of nitrogens with zero attached hydrogens (tertiary/aromatic N) is 3. The van der Waals surface area contributed by atoms with Crippen molar-refractivity contribution in [3.8, 4) is 5.69 Å². The Labute approximate surface area is 175 Å². The van der Waals surface area contributed by atoms with Crippen molar-refractivity contribution in [2.24, 2.45) is 4.99 Å². The molecule has 0 fully saturated rings. The minimum absolute atomic E-state index is 0.172. The molecule has 0 aliphatic heterocycles. The van der Waals surface area contributed by atoms with Crippen LogP contribution in [0.5, 0.6) is 0 Å². The molecule has 0 atom stereocenters. The molecule has 0 amide bonds. The number of carbonyl (C=O) groups is 3. The van der Waals surface area contributed by atoms with Gasteiger partial charge in [-0.3, -0.25) is 4.79 Å². The molecule has 0 aliphatic carbocycles. The summed E-state index contributed by atoms with van der Waals surface area (Å²) in [5.74, 6) is -1.89. The zero-order valence-corrected chi connectivity index (χ0v) is 17.0. The molecule has 3 rings (SSSR count). The van der Waals surface area contributed by atoms with Crippen LogP contribution in [0.15, 0.2) is 77.4 Å². The molecule has 1 aromatic heterocycles. The number of esters is 2. The molecule has 0 N–H and O–H groups in total. The molecule has 0 aliphatic rings. The van der Waals surface area contributed by atoms with Crippen LogP contribution < -0.4 is 4.80 Å². The van der Waals surface area contributed by atoms with E-state index in [9.17, 15) is 14.4 Å². The van der Waals surface area contributed by atoms with Crippen molar-refractivity contribution in [2.75, 3.05) is 14.2 Å². The monoisotopic (exact) mass is 423 g/mol. The number of ketones is 1. The third-order valence-electron chi connectivity index (χ3n) is 3.86. The summed E-state index contributed by atoms with van der Waals surface area (Å²) in [5.41, 5.74) is 0.814. The average Bonchev–Trinajstić information content (AvgIpc) is 3.22. The van der Waals surface area contributed by atoms with Gasteiger partial charge in [0.15, 0.2) is 10.7 Å². The predicted molar refractivity (Wildman–Crippen MR) is 109 cm³/mol. The van der Waals surface area contributed by atoms with Crippen LogP contribution in [0.1, 0.15) is 15.4 Å². The Hall–Kier alpha value is -3.85. The Morgan fingerprint density at radius 3 is 2.20 bits per heavy atom. The fourth-order valence-corrected chi connectivity index (χ4v) is 3.29. The quantitative estimate of drug-likeness (QED) is 0.343. The van der Waals surface area contributed by atoms with Crippen LogP contribution in [0.25, 0.3) is 5.69 Å². The number of carbonyl (C=O) groups excluding carboxylic acids is 3. The molecule has 2 aromatic carbocycles. The topological polar surface area (TPSA) is 99.9 Å². The van der Waals surface area contributed by atoms with Gasteiger partial charge >= 0.3 is 11.9 Å². The summed E-state index contributed by atoms with van der Waals surface area (Å²) in [6.07, 6.45) is 0.916. The lowest BCUT2D eigenvalue weighted by Gasteiger charge is -2.02. The number of hydrogen-bond acceptors (Lipinski definition) is 8. The van der Waals surface area contributed by atoms with Crippen LogP contribution in [0.3, 0.4) is 0 Å². The lowest BCUT2D eigenvalue weighted by molar-refractivity contribution is -0.138. The van der Waals surface area contributed by atoms with Gasteiger partial charge in [0, 0.05) is 5.56 Å². The second-order valence-corrected chi connectivity index (χ2v) is 6.74. The van der Waals surface area contributed by atoms with Gasteiger partial charge in [0.25, 0.3) is 0 Å². The minimum Gasteiger partial charge on any atom is -0.466 e. The van der Waals surface area contributed by atoms with E-state index in [2.05, 4.69) is 14.8 Å². The van der Waals surface area contributed by atoms with Crippen molar-refractivity contribution in [1.29, 1.82) is 0 Å². The van der Waals surface area contributed by atoms with Gasteiger partial charge in [0.2, 0.25) is 10.6 Å². The fraction of sp³-hybridized carbons (Fsp3) is 0.0952. The van der Waals surface area contributed by atoms with Gasteiger partial charge in [-0.2, -0.15) is 5.10 Å². The maximum absolute atomic E-state index is 12.9. The number of aromatic nitrogens is 2. The average molecular weight is 423 g/mol. The zero-order valence-electron chi connectivity index (χ0n) is 16.1. The summed E-state index contributed by atoms with van der Waals surface area (Å²) in [7, 11) is 2.35. The Bertz CT molecular complexity index is 1160. The SMILES string of the molecule is COC(=O)/C=C(\N=c1sc(C(=O)c2ccccc2)nn1-c1ccccc1)C(=O)OC. The van der Waals surface area contributed by atoms with Gasteiger partial charge in [-0.25, -0.2) is 19.3 Å². The molecule has 0 unspecified atom stereocenters. The molecule has 3 aromatic rings. The van der Waals surface area contributed by atoms with Crippen molar-refractivity contribution < 1.29 is 23.9 Å². The molecule has 0 bridgehead atoms. The van der Waals surface area contributed by atoms with Crippen molar-refractivity contribution in [2.45, 2.75) is 0 Å². The molecule has 152 valence electrons. The number of ether oxygens (including phenoxy) is 2. The van der Waals surface area contributed by atoms with Gasteiger partial charge in [0.1, 0.15) is 0 Å². The van der Waals surface area contributed by atoms with E-state index in [0.717, 1.165) is 17.4 Å². The van der Waals surface area contributed by atoms with Crippen LogP contribution in [0.4, 0.5) is 0 Å². The number of rotatable bonds is 6. The van der Waals surface area contributed by atoms with E-state index in [4.69, 9.17) is 4.74 Å². The van der Waals surface area contributed by atoms with E-state index in [1.807, 2.05) is 12.1 Å². The van der Waals surface area contributed by atoms with Crippen LogP contribution >= 0.6 is 11.3 Å². The molecule has 0 saturated carbocycles. The van der Waals surface area contributed by atoms with Crippen LogP contribution in [0, 0.1) is 0 Å². The van der Waals surface area contributed by atoms with E-state index < -0.39 is 11.9 Å². The highest BCUT2D eigenvalue weighted by molar-refractivity contribution is 7.11. The molecule has 30 heavy (non-hydrogen) atoms. The third-order valence-corrected chi connectivity index (χ3v) is 4.76. The highest BCUT2D eigenvalue weighted by Gasteiger charge is 2.18. The summed E-state index contributed by atoms with van der Waals surface area (Å²) in [4.78, 5) is 41.0. The van der Waals surface area contributed by atoms with Crippen molar-refractivity contribution in [3.05, 3.63) is 87.8 Å². The first kappa shape index (κ1) is 20.9. The first-order valence-corrected chi connectivity index (χ1v) is 9.53. The molecule has 0 spiro atoms. The maximum Gasteiger partial charge on any atom is 0.357 e. The summed E-state index contributed by atoms with van der Waals surface area (Å²) in [5, 5.41) is 4.56. The van der Waals surface area contributed by atoms with E-state index in [-0.39, 0.29) is 21.3 Å². The molecule has 0 radical (unpaired) electrons. The lowest BCUT2D eigenvalue weighted by Crippen LogP contribution is -2.17. The smallest absolute Gasteiger partial charge is 0.357 e. The predicted octanol–water partition coefficient (Wildman–Crippen LogP) is 2.30. The van der Waals surface area contributed by atoms with Gasteiger partial charge < -0.3 is 9.47 Å². The fourth-order valence-electron chi connectivity index (χ4n) is 2.41. The highest BCUT2D eigenvalue weighted by atomic mass is 32.1. The number of methoxy groups -OCH3 is 2. The van der Waals surface area contributed by atoms with Crippen molar-refractivity contribution >= 4 is 29.1 Å². The molecule has 0 saturated heterocycles. The van der Waals surface area contributed by atoms with Crippen LogP contribution in [0.2, 0.25) is 0 Å². The molecular formula is C21H17N3O5S. The Morgan fingerprint density at radius 2 is 1.60 bits per heavy atom. The normalized spacial score (nSPS) is 11.8. The summed E-state index contributed by atoms with van der Waals surface area (Å²) in [6, 6.07) is 17.7. The van der Waals surface area contributed by atoms with E-state index >= 15 is 0 Å². The third kappa shape index (κ3) is 4.76. The van der Waals surface area contributed by atoms with Gasteiger partial charge in [-0.15, -0.1) is 0 Å². The minimum atomic E-state index is -0.829. The summed E-state index contributed by atoms with van der Waals surface area (Å²) in [6.45, 7) is 0. The first-order chi connectivity index (χ1) is 14.5. The molecule has 8 nitrogen and oxygen atoms in total. The largest absolute Gasteiger partial charge is 0.466 e. The van der Waals surface area contributed by atoms with Crippen molar-refractivity contribution in [3.63, 3.8) is 0 Å². The highest BCUT2D eigenvalue weighted by Crippen LogP contribution is 2.13. The second kappa shape index (κ2) is 9.57. The molecule has 9 heteroatoms. The zero-order chi connectivity index (χ0) is 21.5. The molecule has 1 heterocycles. The summed E-state index contributed by atoms with van der Waals surface area (Å²) >= 11 is 0.983. The Morgan fingerprint density at radius 1 is 0.967 bits per heavy atom. The summed E-state index contributed by atoms with van der Waals surface area (Å²) < 4.78 is 10.7. The van der Waals surface area contributed by atoms with Gasteiger partial charge in [-0.05, 0) is 12.1 Å². The van der Waals surface area contributed by atoms with E-state index in [0.29, 0.717) is 11.3 Å². The van der Waals surface area contributed by atoms with Gasteiger partial charge in [-0.1, -0.05) is 59.9 Å². The number of para-hydroxylation sites is 1. The van der Waals surface area contributed by atoms with Gasteiger partial charge in [0.05, 0.1) is 26.0 Å². The molecular weight excluding hydrogens is 406 g/mol. The maximum atomic E-state index is 12.9. The lowest BCUT2D eigenvalue weighted by atomic mass is 10.1. The van der Waals surface area contributed by atoms with Crippen LogP contribution in [-0.2, 0) is 19.1 Å². The second-order valence-electron chi connectivity index (χ2n) is 5.79. The standard InChI is InChI=1S/C21H17N3O5S/c1-28-17(25)13-16(20(27)29-2)22-21-24(15-11-7-4-8-12-15)23-19(30-21)18(26)14-9-5-3-6-10-14/h3-13H,1-2H3/b16-13-,22-21?. The Balaban J connectivity index is 2.19. The number of hydrogen-bond donors (Lipinski definition) is 0. The van der Waals surface area contributed by atoms with E-state index in [1.54, 1.807) is 48.5 Å².